The van der Waals surface area contributed by atoms with Crippen LogP contribution in [0.4, 0.5) is 13.2 Å². The molecule has 3 heterocycles. The first-order valence-corrected chi connectivity index (χ1v) is 9.19. The molecule has 1 aliphatic heterocycles. The van der Waals surface area contributed by atoms with Crippen molar-refractivity contribution in [2.24, 2.45) is 0 Å². The van der Waals surface area contributed by atoms with E-state index in [0.29, 0.717) is 0 Å². The Balaban J connectivity index is 1.64. The number of halogens is 3. The number of sulfonamides is 1. The molecule has 0 unspecified atom stereocenters. The van der Waals surface area contributed by atoms with Crippen LogP contribution in [0.5, 0.6) is 5.88 Å². The molecule has 3 rings (SSSR count). The van der Waals surface area contributed by atoms with Gasteiger partial charge < -0.3 is 4.74 Å². The maximum atomic E-state index is 12.6. The van der Waals surface area contributed by atoms with Gasteiger partial charge in [-0.05, 0) is 25.1 Å². The number of hydrogen-bond acceptors (Lipinski definition) is 5. The molecule has 1 fully saturated rings. The van der Waals surface area contributed by atoms with E-state index in [-0.39, 0.29) is 23.2 Å². The number of pyridine rings is 1. The van der Waals surface area contributed by atoms with Crippen LogP contribution in [0.25, 0.3) is 0 Å². The van der Waals surface area contributed by atoms with Gasteiger partial charge in [-0.2, -0.15) is 17.5 Å². The van der Waals surface area contributed by atoms with Crippen molar-refractivity contribution in [3.8, 4) is 5.88 Å². The van der Waals surface area contributed by atoms with Gasteiger partial charge in [-0.25, -0.2) is 13.4 Å². The Hall–Kier alpha value is -1.65. The summed E-state index contributed by atoms with van der Waals surface area (Å²) in [5, 5.41) is 0. The van der Waals surface area contributed by atoms with Crippen molar-refractivity contribution in [3.05, 3.63) is 40.9 Å². The fraction of sp³-hybridized carbons (Fsp3) is 0.357. The second-order valence-electron chi connectivity index (χ2n) is 5.29. The highest BCUT2D eigenvalue weighted by atomic mass is 32.2. The predicted octanol–water partition coefficient (Wildman–Crippen LogP) is 2.92. The van der Waals surface area contributed by atoms with Crippen molar-refractivity contribution in [1.29, 1.82) is 0 Å². The van der Waals surface area contributed by atoms with Gasteiger partial charge >= 0.3 is 6.18 Å². The summed E-state index contributed by atoms with van der Waals surface area (Å²) in [6.07, 6.45) is -5.07. The lowest BCUT2D eigenvalue weighted by molar-refractivity contribution is -0.141. The maximum absolute atomic E-state index is 12.6. The lowest BCUT2D eigenvalue weighted by Gasteiger charge is -2.37. The van der Waals surface area contributed by atoms with Gasteiger partial charge in [0.1, 0.15) is 16.0 Å². The predicted molar refractivity (Wildman–Crippen MR) is 81.5 cm³/mol. The Morgan fingerprint density at radius 2 is 1.96 bits per heavy atom. The minimum Gasteiger partial charge on any atom is -0.472 e. The highest BCUT2D eigenvalue weighted by Gasteiger charge is 2.39. The fourth-order valence-electron chi connectivity index (χ4n) is 2.16. The van der Waals surface area contributed by atoms with E-state index in [1.807, 2.05) is 6.92 Å². The summed E-state index contributed by atoms with van der Waals surface area (Å²) in [7, 11) is -3.57. The minimum absolute atomic E-state index is 0.0806. The second kappa shape index (κ2) is 6.01. The van der Waals surface area contributed by atoms with Gasteiger partial charge in [0.25, 0.3) is 10.0 Å². The Bertz CT molecular complexity index is 843. The van der Waals surface area contributed by atoms with Gasteiger partial charge in [0.2, 0.25) is 5.88 Å². The van der Waals surface area contributed by atoms with Crippen LogP contribution >= 0.6 is 11.3 Å². The second-order valence-corrected chi connectivity index (χ2v) is 8.74. The van der Waals surface area contributed by atoms with Crippen LogP contribution in [0.15, 0.2) is 34.5 Å². The summed E-state index contributed by atoms with van der Waals surface area (Å²) in [4.78, 5) is 4.29. The Morgan fingerprint density at radius 3 is 2.54 bits per heavy atom. The molecule has 24 heavy (non-hydrogen) atoms. The highest BCUT2D eigenvalue weighted by Crippen LogP contribution is 2.31. The van der Waals surface area contributed by atoms with Crippen LogP contribution in [0, 0.1) is 6.92 Å². The van der Waals surface area contributed by atoms with Crippen molar-refractivity contribution >= 4 is 21.4 Å². The summed E-state index contributed by atoms with van der Waals surface area (Å²) in [6.45, 7) is 1.97. The number of thiophene rings is 1. The van der Waals surface area contributed by atoms with Crippen molar-refractivity contribution in [2.75, 3.05) is 13.1 Å². The van der Waals surface area contributed by atoms with E-state index in [1.165, 1.54) is 33.8 Å². The summed E-state index contributed by atoms with van der Waals surface area (Å²) in [5.41, 5.74) is -1.04. The molecule has 0 aliphatic carbocycles. The summed E-state index contributed by atoms with van der Waals surface area (Å²) >= 11 is 1.17. The zero-order valence-corrected chi connectivity index (χ0v) is 14.1. The van der Waals surface area contributed by atoms with Crippen molar-refractivity contribution < 1.29 is 26.3 Å². The number of aromatic nitrogens is 1. The minimum atomic E-state index is -4.55. The maximum Gasteiger partial charge on any atom is 0.433 e. The SMILES string of the molecule is Cc1ccc(S(=O)(=O)N2CC(Oc3cccc(C(F)(F)F)n3)C2)s1. The number of ether oxygens (including phenoxy) is 1. The molecular weight excluding hydrogens is 365 g/mol. The first-order chi connectivity index (χ1) is 11.2. The molecule has 2 aromatic heterocycles. The largest absolute Gasteiger partial charge is 0.472 e. The van der Waals surface area contributed by atoms with E-state index >= 15 is 0 Å². The van der Waals surface area contributed by atoms with Gasteiger partial charge in [-0.1, -0.05) is 6.07 Å². The van der Waals surface area contributed by atoms with E-state index in [0.717, 1.165) is 10.9 Å². The normalized spacial score (nSPS) is 16.8. The van der Waals surface area contributed by atoms with E-state index in [9.17, 15) is 21.6 Å². The molecule has 0 radical (unpaired) electrons. The van der Waals surface area contributed by atoms with Crippen LogP contribution in [0.1, 0.15) is 10.6 Å². The molecule has 0 spiro atoms. The van der Waals surface area contributed by atoms with Gasteiger partial charge in [0.05, 0.1) is 13.1 Å². The number of rotatable bonds is 4. The molecule has 0 aromatic carbocycles. The number of alkyl halides is 3. The summed E-state index contributed by atoms with van der Waals surface area (Å²) in [5.74, 6) is -0.168. The molecule has 5 nitrogen and oxygen atoms in total. The van der Waals surface area contributed by atoms with Crippen LogP contribution in [0.2, 0.25) is 0 Å². The van der Waals surface area contributed by atoms with Gasteiger partial charge in [-0.3, -0.25) is 0 Å². The lowest BCUT2D eigenvalue weighted by Crippen LogP contribution is -2.55. The topological polar surface area (TPSA) is 59.5 Å². The van der Waals surface area contributed by atoms with E-state index in [1.54, 1.807) is 6.07 Å². The Morgan fingerprint density at radius 1 is 1.25 bits per heavy atom. The Kier molecular flexibility index (Phi) is 4.30. The third kappa shape index (κ3) is 3.40. The fourth-order valence-corrected chi connectivity index (χ4v) is 5.10. The van der Waals surface area contributed by atoms with E-state index in [4.69, 9.17) is 4.74 Å². The van der Waals surface area contributed by atoms with E-state index < -0.39 is 28.0 Å². The molecule has 0 N–H and O–H groups in total. The smallest absolute Gasteiger partial charge is 0.433 e. The monoisotopic (exact) mass is 378 g/mol. The average molecular weight is 378 g/mol. The Labute approximate surface area is 140 Å². The molecule has 0 saturated carbocycles. The third-order valence-corrected chi connectivity index (χ3v) is 6.73. The molecular formula is C14H13F3N2O3S2. The van der Waals surface area contributed by atoms with Crippen LogP contribution in [0.3, 0.4) is 0 Å². The van der Waals surface area contributed by atoms with Gasteiger partial charge in [-0.15, -0.1) is 11.3 Å². The number of nitrogens with zero attached hydrogens (tertiary/aromatic N) is 2. The molecule has 0 amide bonds. The standard InChI is InChI=1S/C14H13F3N2O3S2/c1-9-5-6-13(23-9)24(20,21)19-7-10(8-19)22-12-4-2-3-11(18-12)14(15,16)17/h2-6,10H,7-8H2,1H3. The average Bonchev–Trinajstić information content (AvgIpc) is 2.89. The highest BCUT2D eigenvalue weighted by molar-refractivity contribution is 7.91. The van der Waals surface area contributed by atoms with Crippen molar-refractivity contribution in [2.45, 2.75) is 23.4 Å². The molecule has 1 aliphatic rings. The number of aryl methyl sites for hydroxylation is 1. The molecule has 0 atom stereocenters. The van der Waals surface area contributed by atoms with Crippen LogP contribution < -0.4 is 4.74 Å². The van der Waals surface area contributed by atoms with Crippen LogP contribution in [-0.2, 0) is 16.2 Å². The van der Waals surface area contributed by atoms with Crippen molar-refractivity contribution in [3.63, 3.8) is 0 Å². The zero-order chi connectivity index (χ0) is 17.5. The van der Waals surface area contributed by atoms with Crippen molar-refractivity contribution in [1.82, 2.24) is 9.29 Å². The first kappa shape index (κ1) is 17.2. The quantitative estimate of drug-likeness (QED) is 0.821. The van der Waals surface area contributed by atoms with Crippen LogP contribution in [-0.4, -0.2) is 36.9 Å². The summed E-state index contributed by atoms with van der Waals surface area (Å²) in [6, 6.07) is 6.63. The third-order valence-electron chi connectivity index (χ3n) is 3.43. The van der Waals surface area contributed by atoms with Gasteiger partial charge in [0, 0.05) is 10.9 Å². The first-order valence-electron chi connectivity index (χ1n) is 6.94. The zero-order valence-electron chi connectivity index (χ0n) is 12.4. The summed E-state index contributed by atoms with van der Waals surface area (Å²) < 4.78 is 69.3. The number of hydrogen-bond donors (Lipinski definition) is 0. The molecule has 2 aromatic rings. The molecule has 10 heteroatoms. The van der Waals surface area contributed by atoms with E-state index in [2.05, 4.69) is 4.98 Å². The molecule has 0 bridgehead atoms. The van der Waals surface area contributed by atoms with Gasteiger partial charge in [0.15, 0.2) is 0 Å². The lowest BCUT2D eigenvalue weighted by atomic mass is 10.2. The molecule has 1 saturated heterocycles. The molecule has 130 valence electrons.